The van der Waals surface area contributed by atoms with Crippen LogP contribution in [-0.4, -0.2) is 44.9 Å². The first-order valence-corrected chi connectivity index (χ1v) is 9.77. The summed E-state index contributed by atoms with van der Waals surface area (Å²) in [6, 6.07) is 9.70. The highest BCUT2D eigenvalue weighted by molar-refractivity contribution is 5.91. The number of methoxy groups -OCH3 is 1. The lowest BCUT2D eigenvalue weighted by molar-refractivity contribution is 0.184. The minimum Gasteiger partial charge on any atom is -0.494 e. The van der Waals surface area contributed by atoms with Crippen LogP contribution in [0.1, 0.15) is 12.5 Å². The first kappa shape index (κ1) is 20.7. The summed E-state index contributed by atoms with van der Waals surface area (Å²) in [5.74, 6) is -0.689. The van der Waals surface area contributed by atoms with E-state index in [0.29, 0.717) is 36.8 Å². The van der Waals surface area contributed by atoms with Gasteiger partial charge in [0.05, 0.1) is 31.8 Å². The van der Waals surface area contributed by atoms with Crippen molar-refractivity contribution in [3.05, 3.63) is 53.6 Å². The summed E-state index contributed by atoms with van der Waals surface area (Å²) < 4.78 is 42.5. The van der Waals surface area contributed by atoms with Gasteiger partial charge < -0.3 is 15.2 Å². The second kappa shape index (κ2) is 8.68. The van der Waals surface area contributed by atoms with Crippen LogP contribution in [0.4, 0.5) is 14.7 Å². The number of rotatable bonds is 8. The average molecular weight is 428 g/mol. The smallest absolute Gasteiger partial charge is 0.219 e. The van der Waals surface area contributed by atoms with Gasteiger partial charge in [0.15, 0.2) is 0 Å². The molecule has 10 heteroatoms. The number of fused-ring (bicyclic) bond motifs is 1. The van der Waals surface area contributed by atoms with E-state index in [1.54, 1.807) is 14.0 Å². The van der Waals surface area contributed by atoms with E-state index in [2.05, 4.69) is 15.2 Å². The van der Waals surface area contributed by atoms with Crippen molar-refractivity contribution in [2.45, 2.75) is 20.0 Å². The van der Waals surface area contributed by atoms with Crippen LogP contribution < -0.4 is 10.5 Å². The normalized spacial score (nSPS) is 11.4. The highest BCUT2D eigenvalue weighted by Crippen LogP contribution is 2.28. The zero-order valence-electron chi connectivity index (χ0n) is 17.2. The lowest BCUT2D eigenvalue weighted by Gasteiger charge is -2.09. The molecule has 0 bridgehead atoms. The van der Waals surface area contributed by atoms with Gasteiger partial charge in [0.1, 0.15) is 23.1 Å². The largest absolute Gasteiger partial charge is 0.494 e. The number of nitrogens with zero attached hydrogens (tertiary/aromatic N) is 5. The van der Waals surface area contributed by atoms with Gasteiger partial charge in [0, 0.05) is 30.2 Å². The summed E-state index contributed by atoms with van der Waals surface area (Å²) in [5, 5.41) is 9.72. The zero-order valence-corrected chi connectivity index (χ0v) is 17.2. The molecule has 31 heavy (non-hydrogen) atoms. The van der Waals surface area contributed by atoms with Crippen molar-refractivity contribution < 1.29 is 18.3 Å². The molecule has 2 N–H and O–H groups in total. The third kappa shape index (κ3) is 4.06. The second-order valence-corrected chi connectivity index (χ2v) is 6.83. The van der Waals surface area contributed by atoms with Gasteiger partial charge in [-0.3, -0.25) is 4.68 Å². The van der Waals surface area contributed by atoms with Gasteiger partial charge in [0.25, 0.3) is 0 Å². The van der Waals surface area contributed by atoms with Crippen molar-refractivity contribution in [3.63, 3.8) is 0 Å². The predicted molar refractivity (Wildman–Crippen MR) is 112 cm³/mol. The van der Waals surface area contributed by atoms with Crippen LogP contribution in [0.2, 0.25) is 0 Å². The Morgan fingerprint density at radius 3 is 2.52 bits per heavy atom. The van der Waals surface area contributed by atoms with Crippen LogP contribution in [0.5, 0.6) is 5.75 Å². The second-order valence-electron chi connectivity index (χ2n) is 6.83. The molecule has 0 aliphatic heterocycles. The fourth-order valence-electron chi connectivity index (χ4n) is 3.34. The highest BCUT2D eigenvalue weighted by Gasteiger charge is 2.20. The quantitative estimate of drug-likeness (QED) is 0.463. The van der Waals surface area contributed by atoms with Crippen LogP contribution in [0.3, 0.4) is 0 Å². The number of hydrogen-bond acceptors (Lipinski definition) is 6. The van der Waals surface area contributed by atoms with Crippen molar-refractivity contribution in [1.82, 2.24) is 24.5 Å². The highest BCUT2D eigenvalue weighted by atomic mass is 19.1. The number of nitrogens with two attached hydrogens (primary N) is 1. The Balaban J connectivity index is 1.75. The van der Waals surface area contributed by atoms with E-state index in [-0.39, 0.29) is 23.8 Å². The van der Waals surface area contributed by atoms with Crippen LogP contribution in [0.25, 0.3) is 22.4 Å². The van der Waals surface area contributed by atoms with Crippen LogP contribution in [0.15, 0.2) is 36.4 Å². The van der Waals surface area contributed by atoms with Crippen molar-refractivity contribution in [2.75, 3.05) is 26.1 Å². The van der Waals surface area contributed by atoms with Gasteiger partial charge in [-0.1, -0.05) is 18.2 Å². The number of benzene rings is 2. The van der Waals surface area contributed by atoms with Crippen LogP contribution in [0, 0.1) is 11.6 Å². The molecular formula is C21H22F2N6O2. The first-order valence-electron chi connectivity index (χ1n) is 9.77. The Kier molecular flexibility index (Phi) is 5.81. The fraction of sp³-hybridized carbons (Fsp3) is 0.286. The molecule has 0 radical (unpaired) electrons. The topological polar surface area (TPSA) is 93.0 Å². The van der Waals surface area contributed by atoms with Gasteiger partial charge in [-0.05, 0) is 13.0 Å². The number of hydrogen-bond donors (Lipinski definition) is 1. The van der Waals surface area contributed by atoms with Crippen molar-refractivity contribution >= 4 is 16.9 Å². The van der Waals surface area contributed by atoms with E-state index in [9.17, 15) is 8.78 Å². The Bertz CT molecular complexity index is 1200. The summed E-state index contributed by atoms with van der Waals surface area (Å²) in [7, 11) is 1.59. The van der Waals surface area contributed by atoms with E-state index < -0.39 is 11.6 Å². The maximum Gasteiger partial charge on any atom is 0.219 e. The maximum atomic E-state index is 14.6. The minimum absolute atomic E-state index is 0.107. The first-order chi connectivity index (χ1) is 15.0. The lowest BCUT2D eigenvalue weighted by atomic mass is 10.1. The fourth-order valence-corrected chi connectivity index (χ4v) is 3.34. The summed E-state index contributed by atoms with van der Waals surface area (Å²) in [6.45, 7) is 2.83. The standard InChI is InChI=1S/C21H22F2N6O2/c1-3-31-13-10-16(22)15(17(23)11-13)12-29-18-7-5-4-6-14(18)19(26-29)20-25-21(24)28(27-20)8-9-30-2/h4-7,10-11H,3,8-9,12H2,1-2H3,(H2,24,25,27). The van der Waals surface area contributed by atoms with Gasteiger partial charge in [-0.25, -0.2) is 13.5 Å². The third-order valence-electron chi connectivity index (χ3n) is 4.81. The van der Waals surface area contributed by atoms with Gasteiger partial charge in [-0.15, -0.1) is 5.10 Å². The minimum atomic E-state index is -0.698. The Labute approximate surface area is 177 Å². The molecule has 0 aliphatic carbocycles. The van der Waals surface area contributed by atoms with E-state index >= 15 is 0 Å². The molecule has 8 nitrogen and oxygen atoms in total. The predicted octanol–water partition coefficient (Wildman–Crippen LogP) is 3.25. The van der Waals surface area contributed by atoms with E-state index in [0.717, 1.165) is 5.39 Å². The van der Waals surface area contributed by atoms with Crippen molar-refractivity contribution in [1.29, 1.82) is 0 Å². The molecule has 4 aromatic rings. The SMILES string of the molecule is CCOc1cc(F)c(Cn2nc(-c3nc(N)n(CCOC)n3)c3ccccc32)c(F)c1. The Morgan fingerprint density at radius 1 is 1.06 bits per heavy atom. The van der Waals surface area contributed by atoms with E-state index in [1.807, 2.05) is 24.3 Å². The molecule has 4 rings (SSSR count). The summed E-state index contributed by atoms with van der Waals surface area (Å²) in [5.41, 5.74) is 7.02. The molecule has 162 valence electrons. The third-order valence-corrected chi connectivity index (χ3v) is 4.81. The summed E-state index contributed by atoms with van der Waals surface area (Å²) in [6.07, 6.45) is 0. The molecule has 0 unspecified atom stereocenters. The van der Waals surface area contributed by atoms with Gasteiger partial charge >= 0.3 is 0 Å². The summed E-state index contributed by atoms with van der Waals surface area (Å²) in [4.78, 5) is 4.31. The van der Waals surface area contributed by atoms with Crippen LogP contribution >= 0.6 is 0 Å². The number of para-hydroxylation sites is 1. The molecule has 0 fully saturated rings. The molecule has 0 atom stereocenters. The van der Waals surface area contributed by atoms with Gasteiger partial charge in [0.2, 0.25) is 11.8 Å². The molecule has 0 spiro atoms. The molecule has 2 aromatic heterocycles. The number of nitrogen functional groups attached to an aromatic ring is 1. The zero-order chi connectivity index (χ0) is 22.0. The number of aromatic nitrogens is 5. The average Bonchev–Trinajstić information content (AvgIpc) is 3.30. The Hall–Kier alpha value is -3.53. The molecular weight excluding hydrogens is 406 g/mol. The van der Waals surface area contributed by atoms with E-state index in [1.165, 1.54) is 21.5 Å². The molecule has 2 heterocycles. The number of halogens is 2. The monoisotopic (exact) mass is 428 g/mol. The molecule has 0 amide bonds. The molecule has 2 aromatic carbocycles. The van der Waals surface area contributed by atoms with Crippen molar-refractivity contribution in [2.24, 2.45) is 0 Å². The maximum absolute atomic E-state index is 14.6. The van der Waals surface area contributed by atoms with Crippen molar-refractivity contribution in [3.8, 4) is 17.3 Å². The number of ether oxygens (including phenoxy) is 2. The van der Waals surface area contributed by atoms with Gasteiger partial charge in [-0.2, -0.15) is 10.1 Å². The summed E-state index contributed by atoms with van der Waals surface area (Å²) >= 11 is 0. The van der Waals surface area contributed by atoms with Crippen LogP contribution in [-0.2, 0) is 17.8 Å². The lowest BCUT2D eigenvalue weighted by Crippen LogP contribution is -2.09. The number of anilines is 1. The molecule has 0 aliphatic rings. The Morgan fingerprint density at radius 2 is 1.81 bits per heavy atom. The molecule has 0 saturated carbocycles. The molecule has 0 saturated heterocycles. The van der Waals surface area contributed by atoms with E-state index in [4.69, 9.17) is 15.2 Å².